The minimum absolute atomic E-state index is 0. The van der Waals surface area contributed by atoms with E-state index in [4.69, 9.17) is 5.73 Å². The lowest BCUT2D eigenvalue weighted by molar-refractivity contribution is 0.131. The van der Waals surface area contributed by atoms with Crippen LogP contribution in [0.25, 0.3) is 0 Å². The molecular weight excluding hydrogens is 485 g/mol. The molecule has 4 rings (SSSR count). The van der Waals surface area contributed by atoms with Gasteiger partial charge in [0.1, 0.15) is 0 Å². The summed E-state index contributed by atoms with van der Waals surface area (Å²) in [5, 5.41) is 3.27. The monoisotopic (exact) mass is 519 g/mol. The zero-order valence-corrected chi connectivity index (χ0v) is 20.3. The van der Waals surface area contributed by atoms with E-state index in [1.165, 1.54) is 41.5 Å². The Morgan fingerprint density at radius 3 is 2.43 bits per heavy atom. The molecule has 5 nitrogen and oxygen atoms in total. The molecule has 1 aliphatic carbocycles. The molecule has 2 aromatic rings. The van der Waals surface area contributed by atoms with Gasteiger partial charge in [-0.2, -0.15) is 0 Å². The maximum atomic E-state index is 6.19. The van der Waals surface area contributed by atoms with Crippen LogP contribution in [0.2, 0.25) is 0 Å². The summed E-state index contributed by atoms with van der Waals surface area (Å²) in [6.07, 6.45) is 3.62. The van der Waals surface area contributed by atoms with Crippen LogP contribution in [0.4, 0.5) is 5.69 Å². The van der Waals surface area contributed by atoms with Gasteiger partial charge < -0.3 is 16.0 Å². The molecule has 0 atom stereocenters. The van der Waals surface area contributed by atoms with Gasteiger partial charge in [0.25, 0.3) is 0 Å². The highest BCUT2D eigenvalue weighted by Crippen LogP contribution is 2.24. The van der Waals surface area contributed by atoms with Gasteiger partial charge >= 0.3 is 0 Å². The first-order valence-electron chi connectivity index (χ1n) is 10.9. The minimum Gasteiger partial charge on any atom is -0.370 e. The molecule has 0 spiro atoms. The van der Waals surface area contributed by atoms with E-state index >= 15 is 0 Å². The van der Waals surface area contributed by atoms with Gasteiger partial charge in [0, 0.05) is 38.4 Å². The van der Waals surface area contributed by atoms with Gasteiger partial charge in [-0.15, -0.1) is 24.0 Å². The highest BCUT2D eigenvalue weighted by molar-refractivity contribution is 14.0. The van der Waals surface area contributed by atoms with Crippen LogP contribution in [-0.4, -0.2) is 48.5 Å². The van der Waals surface area contributed by atoms with Crippen LogP contribution in [-0.2, 0) is 25.9 Å². The van der Waals surface area contributed by atoms with Crippen molar-refractivity contribution in [3.63, 3.8) is 0 Å². The van der Waals surface area contributed by atoms with E-state index in [0.29, 0.717) is 12.5 Å². The summed E-state index contributed by atoms with van der Waals surface area (Å²) in [6, 6.07) is 15.1. The summed E-state index contributed by atoms with van der Waals surface area (Å²) in [6.45, 7) is 9.57. The number of likely N-dealkylation sites (N-methyl/N-ethyl adjacent to an activating group) is 1. The average Bonchev–Trinajstić information content (AvgIpc) is 3.21. The molecule has 1 aliphatic heterocycles. The molecule has 162 valence electrons. The molecule has 2 aliphatic rings. The molecule has 0 amide bonds. The first-order valence-corrected chi connectivity index (χ1v) is 10.9. The molecular formula is C24H34IN5. The Morgan fingerprint density at radius 1 is 0.967 bits per heavy atom. The number of anilines is 1. The van der Waals surface area contributed by atoms with Crippen molar-refractivity contribution < 1.29 is 0 Å². The Labute approximate surface area is 197 Å². The average molecular weight is 519 g/mol. The highest BCUT2D eigenvalue weighted by Gasteiger charge is 2.16. The van der Waals surface area contributed by atoms with Crippen molar-refractivity contribution in [2.75, 3.05) is 38.0 Å². The zero-order valence-electron chi connectivity index (χ0n) is 17.9. The van der Waals surface area contributed by atoms with E-state index in [-0.39, 0.29) is 24.0 Å². The van der Waals surface area contributed by atoms with Crippen molar-refractivity contribution in [2.45, 2.75) is 39.3 Å². The third kappa shape index (κ3) is 5.95. The molecule has 1 fully saturated rings. The fourth-order valence-corrected chi connectivity index (χ4v) is 4.38. The van der Waals surface area contributed by atoms with E-state index in [0.717, 1.165) is 45.0 Å². The summed E-state index contributed by atoms with van der Waals surface area (Å²) in [7, 11) is 0. The number of piperazine rings is 1. The van der Waals surface area contributed by atoms with Gasteiger partial charge in [0.2, 0.25) is 0 Å². The SMILES string of the molecule is CCN1CCN(Cc2ccccc2CN=C(N)Nc2ccc3c(c2)CCC3)CC1.I. The maximum absolute atomic E-state index is 6.19. The number of nitrogens with two attached hydrogens (primary N) is 1. The first kappa shape index (κ1) is 23.0. The topological polar surface area (TPSA) is 56.9 Å². The van der Waals surface area contributed by atoms with Crippen molar-refractivity contribution >= 4 is 35.6 Å². The van der Waals surface area contributed by atoms with Crippen LogP contribution in [0.5, 0.6) is 0 Å². The molecule has 0 unspecified atom stereocenters. The lowest BCUT2D eigenvalue weighted by Gasteiger charge is -2.34. The van der Waals surface area contributed by atoms with Crippen LogP contribution in [0.15, 0.2) is 47.5 Å². The molecule has 3 N–H and O–H groups in total. The Kier molecular flexibility index (Phi) is 8.53. The molecule has 0 aromatic heterocycles. The first-order chi connectivity index (χ1) is 14.2. The van der Waals surface area contributed by atoms with Gasteiger partial charge in [-0.3, -0.25) is 4.90 Å². The fraction of sp³-hybridized carbons (Fsp3) is 0.458. The normalized spacial score (nSPS) is 17.4. The number of halogens is 1. The maximum Gasteiger partial charge on any atom is 0.193 e. The van der Waals surface area contributed by atoms with E-state index < -0.39 is 0 Å². The Morgan fingerprint density at radius 2 is 1.67 bits per heavy atom. The molecule has 1 heterocycles. The van der Waals surface area contributed by atoms with Crippen LogP contribution in [0.1, 0.15) is 35.6 Å². The Bertz CT molecular complexity index is 858. The number of aliphatic imine (C=N–C) groups is 1. The number of benzene rings is 2. The van der Waals surface area contributed by atoms with Gasteiger partial charge in [-0.1, -0.05) is 37.3 Å². The highest BCUT2D eigenvalue weighted by atomic mass is 127. The van der Waals surface area contributed by atoms with Gasteiger partial charge in [-0.05, 0) is 60.2 Å². The van der Waals surface area contributed by atoms with Crippen molar-refractivity contribution in [1.82, 2.24) is 9.80 Å². The fourth-order valence-electron chi connectivity index (χ4n) is 4.38. The number of hydrogen-bond acceptors (Lipinski definition) is 3. The second-order valence-corrected chi connectivity index (χ2v) is 8.14. The quantitative estimate of drug-likeness (QED) is 0.346. The number of hydrogen-bond donors (Lipinski definition) is 2. The van der Waals surface area contributed by atoms with Gasteiger partial charge in [0.05, 0.1) is 6.54 Å². The van der Waals surface area contributed by atoms with E-state index in [2.05, 4.69) is 69.5 Å². The van der Waals surface area contributed by atoms with Crippen LogP contribution in [0.3, 0.4) is 0 Å². The number of guanidine groups is 1. The minimum atomic E-state index is 0. The summed E-state index contributed by atoms with van der Waals surface area (Å²) >= 11 is 0. The predicted octanol–water partition coefficient (Wildman–Crippen LogP) is 3.86. The summed E-state index contributed by atoms with van der Waals surface area (Å²) in [5.41, 5.74) is 12.7. The Hall–Kier alpha value is -1.64. The van der Waals surface area contributed by atoms with Crippen molar-refractivity contribution in [2.24, 2.45) is 10.7 Å². The summed E-state index contributed by atoms with van der Waals surface area (Å²) < 4.78 is 0. The molecule has 0 bridgehead atoms. The largest absolute Gasteiger partial charge is 0.370 e. The Balaban J connectivity index is 0.00000256. The van der Waals surface area contributed by atoms with Crippen LogP contribution >= 0.6 is 24.0 Å². The van der Waals surface area contributed by atoms with E-state index in [9.17, 15) is 0 Å². The standard InChI is InChI=1S/C24H33N5.HI/c1-2-28-12-14-29(15-13-28)18-22-7-4-3-6-21(22)17-26-24(25)27-23-11-10-19-8-5-9-20(19)16-23;/h3-4,6-7,10-11,16H,2,5,8-9,12-15,17-18H2,1H3,(H3,25,26,27);1H. The molecule has 0 radical (unpaired) electrons. The van der Waals surface area contributed by atoms with Crippen LogP contribution in [0, 0.1) is 0 Å². The smallest absolute Gasteiger partial charge is 0.193 e. The van der Waals surface area contributed by atoms with Crippen molar-refractivity contribution in [3.05, 3.63) is 64.7 Å². The van der Waals surface area contributed by atoms with E-state index in [1.54, 1.807) is 0 Å². The zero-order chi connectivity index (χ0) is 20.1. The second kappa shape index (κ2) is 11.1. The second-order valence-electron chi connectivity index (χ2n) is 8.14. The molecule has 30 heavy (non-hydrogen) atoms. The molecule has 0 saturated carbocycles. The van der Waals surface area contributed by atoms with Gasteiger partial charge in [-0.25, -0.2) is 4.99 Å². The van der Waals surface area contributed by atoms with Crippen molar-refractivity contribution in [3.8, 4) is 0 Å². The molecule has 6 heteroatoms. The molecule has 1 saturated heterocycles. The summed E-state index contributed by atoms with van der Waals surface area (Å²) in [4.78, 5) is 9.67. The molecule has 2 aromatic carbocycles. The predicted molar refractivity (Wildman–Crippen MR) is 137 cm³/mol. The summed E-state index contributed by atoms with van der Waals surface area (Å²) in [5.74, 6) is 0.481. The van der Waals surface area contributed by atoms with Crippen LogP contribution < -0.4 is 11.1 Å². The number of rotatable bonds is 6. The van der Waals surface area contributed by atoms with Gasteiger partial charge in [0.15, 0.2) is 5.96 Å². The third-order valence-electron chi connectivity index (χ3n) is 6.22. The number of aryl methyl sites for hydroxylation is 2. The van der Waals surface area contributed by atoms with Crippen molar-refractivity contribution in [1.29, 1.82) is 0 Å². The lowest BCUT2D eigenvalue weighted by atomic mass is 10.1. The number of fused-ring (bicyclic) bond motifs is 1. The third-order valence-corrected chi connectivity index (χ3v) is 6.22. The van der Waals surface area contributed by atoms with E-state index in [1.807, 2.05) is 0 Å². The number of nitrogens with zero attached hydrogens (tertiary/aromatic N) is 3. The lowest BCUT2D eigenvalue weighted by Crippen LogP contribution is -2.45. The number of nitrogens with one attached hydrogen (secondary N) is 1.